The van der Waals surface area contributed by atoms with Crippen molar-refractivity contribution in [1.82, 2.24) is 20.3 Å². The van der Waals surface area contributed by atoms with E-state index in [1.807, 2.05) is 13.0 Å². The number of aliphatic hydroxyl groups excluding tert-OH is 1. The molecule has 1 spiro atoms. The van der Waals surface area contributed by atoms with Crippen LogP contribution in [0, 0.1) is 5.41 Å². The van der Waals surface area contributed by atoms with Crippen molar-refractivity contribution in [3.8, 4) is 5.75 Å². The summed E-state index contributed by atoms with van der Waals surface area (Å²) in [6.07, 6.45) is 5.31. The Morgan fingerprint density at radius 2 is 2.14 bits per heavy atom. The lowest BCUT2D eigenvalue weighted by Gasteiger charge is -2.41. The van der Waals surface area contributed by atoms with Crippen LogP contribution in [0.25, 0.3) is 0 Å². The van der Waals surface area contributed by atoms with Crippen LogP contribution < -0.4 is 25.6 Å². The van der Waals surface area contributed by atoms with Gasteiger partial charge in [0.1, 0.15) is 17.3 Å². The summed E-state index contributed by atoms with van der Waals surface area (Å²) in [4.78, 5) is 30.7. The number of hydrogen-bond donors (Lipinski definition) is 3. The first-order valence-electron chi connectivity index (χ1n) is 11.9. The second-order valence-electron chi connectivity index (χ2n) is 9.61. The number of anilines is 2. The van der Waals surface area contributed by atoms with Crippen LogP contribution in [-0.4, -0.2) is 77.1 Å². The molecule has 2 aromatic heterocycles. The fourth-order valence-electron chi connectivity index (χ4n) is 5.51. The minimum absolute atomic E-state index is 0.0181. The Hall–Kier alpha value is -2.67. The number of fused-ring (bicyclic) bond motifs is 3. The molecule has 6 rings (SSSR count). The summed E-state index contributed by atoms with van der Waals surface area (Å²) < 4.78 is 11.8. The maximum atomic E-state index is 12.3. The molecule has 4 aliphatic rings. The Balaban J connectivity index is 1.21. The number of nitrogens with zero attached hydrogens (tertiary/aromatic N) is 5. The zero-order chi connectivity index (χ0) is 24.2. The van der Waals surface area contributed by atoms with Crippen LogP contribution >= 0.6 is 11.8 Å². The molecule has 2 amide bonds. The summed E-state index contributed by atoms with van der Waals surface area (Å²) in [6, 6.07) is 1.66. The summed E-state index contributed by atoms with van der Waals surface area (Å²) in [5, 5.41) is 13.6. The Labute approximate surface area is 207 Å². The normalized spacial score (nSPS) is 26.9. The molecular weight excluding hydrogens is 470 g/mol. The number of pyridine rings is 1. The van der Waals surface area contributed by atoms with Crippen LogP contribution in [0.2, 0.25) is 0 Å². The Bertz CT molecular complexity index is 1140. The molecule has 4 aliphatic heterocycles. The van der Waals surface area contributed by atoms with Gasteiger partial charge in [0.05, 0.1) is 36.5 Å². The number of amides is 2. The maximum absolute atomic E-state index is 12.3. The van der Waals surface area contributed by atoms with Gasteiger partial charge in [0, 0.05) is 37.3 Å². The molecule has 186 valence electrons. The number of urea groups is 1. The highest BCUT2D eigenvalue weighted by atomic mass is 32.2. The topological polar surface area (TPSA) is 139 Å². The van der Waals surface area contributed by atoms with E-state index in [1.54, 1.807) is 17.3 Å². The standard InChI is InChI=1S/C23H29N7O4S/c1-13-19(24)23(12-34-13)3-6-29(7-4-23)20-15(10-31)28-17(9-26-20)35-16-2-5-25-21-18(16)33-11-14-8-27-22(32)30(14)21/h2,5,9,13-14,19,31H,3-4,6-8,10-12,24H2,1H3,(H,27,32)/t13-,14?,19+/m0/s1. The van der Waals surface area contributed by atoms with Crippen LogP contribution in [0.5, 0.6) is 5.75 Å². The Morgan fingerprint density at radius 3 is 2.89 bits per heavy atom. The van der Waals surface area contributed by atoms with Gasteiger partial charge in [-0.05, 0) is 25.8 Å². The molecule has 1 unspecified atom stereocenters. The van der Waals surface area contributed by atoms with Crippen molar-refractivity contribution < 1.29 is 19.4 Å². The molecule has 12 heteroatoms. The largest absolute Gasteiger partial charge is 0.486 e. The van der Waals surface area contributed by atoms with Crippen LogP contribution in [0.4, 0.5) is 16.4 Å². The number of nitrogens with one attached hydrogen (secondary N) is 1. The number of piperidine rings is 1. The minimum Gasteiger partial charge on any atom is -0.486 e. The van der Waals surface area contributed by atoms with E-state index in [0.29, 0.717) is 47.9 Å². The Kier molecular flexibility index (Phi) is 5.71. The highest BCUT2D eigenvalue weighted by molar-refractivity contribution is 7.99. The SMILES string of the molecule is C[C@@H]1OCC2(CCN(c3ncc(Sc4ccnc5c4OCC4CNC(=O)N54)nc3CO)CC2)[C@@H]1N. The van der Waals surface area contributed by atoms with E-state index in [9.17, 15) is 9.90 Å². The third-order valence-electron chi connectivity index (χ3n) is 7.64. The first-order chi connectivity index (χ1) is 17.0. The zero-order valence-corrected chi connectivity index (χ0v) is 20.3. The van der Waals surface area contributed by atoms with E-state index in [0.717, 1.165) is 30.8 Å². The van der Waals surface area contributed by atoms with Crippen LogP contribution in [-0.2, 0) is 11.3 Å². The first-order valence-corrected chi connectivity index (χ1v) is 12.8. The lowest BCUT2D eigenvalue weighted by molar-refractivity contribution is 0.0973. The fourth-order valence-corrected chi connectivity index (χ4v) is 6.37. The molecule has 11 nitrogen and oxygen atoms in total. The summed E-state index contributed by atoms with van der Waals surface area (Å²) in [6.45, 7) is 5.07. The van der Waals surface area contributed by atoms with Crippen LogP contribution in [0.15, 0.2) is 28.4 Å². The predicted octanol–water partition coefficient (Wildman–Crippen LogP) is 1.14. The number of aromatic nitrogens is 3. The molecule has 2 aromatic rings. The fraction of sp³-hybridized carbons (Fsp3) is 0.565. The van der Waals surface area contributed by atoms with Crippen molar-refractivity contribution in [3.63, 3.8) is 0 Å². The second-order valence-corrected chi connectivity index (χ2v) is 10.7. The first kappa shape index (κ1) is 22.8. The minimum atomic E-state index is -0.210. The van der Waals surface area contributed by atoms with E-state index in [4.69, 9.17) is 20.2 Å². The third-order valence-corrected chi connectivity index (χ3v) is 8.59. The number of carbonyl (C=O) groups excluding carboxylic acids is 1. The molecule has 0 bridgehead atoms. The van der Waals surface area contributed by atoms with Crippen molar-refractivity contribution in [3.05, 3.63) is 24.2 Å². The molecule has 3 saturated heterocycles. The molecular formula is C23H29N7O4S. The van der Waals surface area contributed by atoms with Crippen molar-refractivity contribution in [2.45, 2.75) is 54.5 Å². The Morgan fingerprint density at radius 1 is 1.31 bits per heavy atom. The number of rotatable bonds is 4. The van der Waals surface area contributed by atoms with E-state index < -0.39 is 0 Å². The van der Waals surface area contributed by atoms with E-state index in [-0.39, 0.29) is 36.2 Å². The smallest absolute Gasteiger partial charge is 0.323 e. The van der Waals surface area contributed by atoms with Gasteiger partial charge >= 0.3 is 6.03 Å². The van der Waals surface area contributed by atoms with Crippen molar-refractivity contribution >= 4 is 29.4 Å². The molecule has 3 fully saturated rings. The van der Waals surface area contributed by atoms with Gasteiger partial charge in [-0.1, -0.05) is 11.8 Å². The van der Waals surface area contributed by atoms with Crippen LogP contribution in [0.1, 0.15) is 25.5 Å². The highest BCUT2D eigenvalue weighted by Crippen LogP contribution is 2.44. The zero-order valence-electron chi connectivity index (χ0n) is 19.5. The molecule has 6 heterocycles. The summed E-state index contributed by atoms with van der Waals surface area (Å²) in [7, 11) is 0. The van der Waals surface area contributed by atoms with Gasteiger partial charge in [-0.25, -0.2) is 19.7 Å². The van der Waals surface area contributed by atoms with E-state index >= 15 is 0 Å². The van der Waals surface area contributed by atoms with Gasteiger partial charge in [-0.15, -0.1) is 0 Å². The number of carbonyl (C=O) groups is 1. The van der Waals surface area contributed by atoms with Crippen molar-refractivity contribution in [2.24, 2.45) is 11.1 Å². The van der Waals surface area contributed by atoms with Gasteiger partial charge in [-0.2, -0.15) is 0 Å². The van der Waals surface area contributed by atoms with Gasteiger partial charge in [0.2, 0.25) is 0 Å². The van der Waals surface area contributed by atoms with Crippen molar-refractivity contribution in [1.29, 1.82) is 0 Å². The average molecular weight is 500 g/mol. The van der Waals surface area contributed by atoms with Gasteiger partial charge in [0.15, 0.2) is 17.4 Å². The number of hydrogen-bond acceptors (Lipinski definition) is 10. The molecule has 0 saturated carbocycles. The molecule has 35 heavy (non-hydrogen) atoms. The molecule has 0 radical (unpaired) electrons. The van der Waals surface area contributed by atoms with Gasteiger partial charge in [0.25, 0.3) is 0 Å². The van der Waals surface area contributed by atoms with Crippen molar-refractivity contribution in [2.75, 3.05) is 42.6 Å². The summed E-state index contributed by atoms with van der Waals surface area (Å²) in [5.74, 6) is 1.78. The highest BCUT2D eigenvalue weighted by Gasteiger charge is 2.48. The molecule has 3 atom stereocenters. The maximum Gasteiger partial charge on any atom is 0.323 e. The average Bonchev–Trinajstić information content (AvgIpc) is 3.40. The lowest BCUT2D eigenvalue weighted by atomic mass is 9.73. The molecule has 0 aromatic carbocycles. The third kappa shape index (κ3) is 3.79. The van der Waals surface area contributed by atoms with Crippen LogP contribution in [0.3, 0.4) is 0 Å². The summed E-state index contributed by atoms with van der Waals surface area (Å²) in [5.41, 5.74) is 7.01. The molecule has 0 aliphatic carbocycles. The lowest BCUT2D eigenvalue weighted by Crippen LogP contribution is -2.51. The van der Waals surface area contributed by atoms with E-state index in [2.05, 4.69) is 20.2 Å². The monoisotopic (exact) mass is 499 g/mol. The summed E-state index contributed by atoms with van der Waals surface area (Å²) >= 11 is 1.38. The number of ether oxygens (including phenoxy) is 2. The van der Waals surface area contributed by atoms with Gasteiger partial charge in [-0.3, -0.25) is 4.90 Å². The van der Waals surface area contributed by atoms with E-state index in [1.165, 1.54) is 11.8 Å². The number of nitrogens with two attached hydrogens (primary N) is 1. The second kappa shape index (κ2) is 8.77. The number of aliphatic hydroxyl groups is 1. The molecule has 4 N–H and O–H groups in total. The van der Waals surface area contributed by atoms with Gasteiger partial charge < -0.3 is 30.5 Å². The predicted molar refractivity (Wildman–Crippen MR) is 129 cm³/mol. The quantitative estimate of drug-likeness (QED) is 0.561.